The van der Waals surface area contributed by atoms with Crippen molar-refractivity contribution in [3.63, 3.8) is 0 Å². The Kier molecular flexibility index (Phi) is 6.72. The van der Waals surface area contributed by atoms with Gasteiger partial charge in [0.1, 0.15) is 0 Å². The van der Waals surface area contributed by atoms with E-state index in [0.29, 0.717) is 13.2 Å². The number of methoxy groups -OCH3 is 1. The van der Waals surface area contributed by atoms with E-state index < -0.39 is 0 Å². The van der Waals surface area contributed by atoms with Crippen molar-refractivity contribution in [1.82, 2.24) is 0 Å². The number of hydrogen-bond acceptors (Lipinski definition) is 4. The van der Waals surface area contributed by atoms with Crippen LogP contribution in [-0.2, 0) is 4.74 Å². The summed E-state index contributed by atoms with van der Waals surface area (Å²) in [5.74, 6) is 0. The van der Waals surface area contributed by atoms with E-state index in [2.05, 4.69) is 24.0 Å². The first-order chi connectivity index (χ1) is 8.74. The van der Waals surface area contributed by atoms with Crippen molar-refractivity contribution in [2.75, 3.05) is 38.3 Å². The SMILES string of the molecule is CC[C@@H](N)c1ccccc1N(CCO)CCOC. The standard InChI is InChI=1S/C14H24N2O2/c1-3-13(15)12-6-4-5-7-14(12)16(8-10-17)9-11-18-2/h4-7,13,17H,3,8-11,15H2,1-2H3/t13-/m1/s1. The zero-order chi connectivity index (χ0) is 13.4. The summed E-state index contributed by atoms with van der Waals surface area (Å²) < 4.78 is 5.11. The molecule has 18 heavy (non-hydrogen) atoms. The van der Waals surface area contributed by atoms with Crippen molar-refractivity contribution in [2.24, 2.45) is 5.73 Å². The maximum Gasteiger partial charge on any atom is 0.0637 e. The average Bonchev–Trinajstić information content (AvgIpc) is 2.42. The van der Waals surface area contributed by atoms with Gasteiger partial charge < -0.3 is 20.5 Å². The van der Waals surface area contributed by atoms with E-state index in [4.69, 9.17) is 10.5 Å². The molecule has 0 aliphatic heterocycles. The van der Waals surface area contributed by atoms with Gasteiger partial charge in [-0.05, 0) is 18.1 Å². The molecule has 102 valence electrons. The maximum absolute atomic E-state index is 9.17. The second-order valence-electron chi connectivity index (χ2n) is 4.28. The van der Waals surface area contributed by atoms with Gasteiger partial charge in [-0.15, -0.1) is 0 Å². The van der Waals surface area contributed by atoms with E-state index in [9.17, 15) is 5.11 Å². The monoisotopic (exact) mass is 252 g/mol. The van der Waals surface area contributed by atoms with E-state index >= 15 is 0 Å². The Morgan fingerprint density at radius 1 is 1.33 bits per heavy atom. The van der Waals surface area contributed by atoms with Crippen molar-refractivity contribution in [3.8, 4) is 0 Å². The Bertz CT molecular complexity index is 344. The molecule has 1 rings (SSSR count). The highest BCUT2D eigenvalue weighted by molar-refractivity contribution is 5.55. The first-order valence-corrected chi connectivity index (χ1v) is 6.43. The Morgan fingerprint density at radius 2 is 2.06 bits per heavy atom. The summed E-state index contributed by atoms with van der Waals surface area (Å²) in [6, 6.07) is 8.14. The lowest BCUT2D eigenvalue weighted by atomic mass is 10.0. The van der Waals surface area contributed by atoms with Crippen LogP contribution >= 0.6 is 0 Å². The highest BCUT2D eigenvalue weighted by atomic mass is 16.5. The van der Waals surface area contributed by atoms with E-state index in [-0.39, 0.29) is 12.6 Å². The van der Waals surface area contributed by atoms with Crippen molar-refractivity contribution < 1.29 is 9.84 Å². The summed E-state index contributed by atoms with van der Waals surface area (Å²) >= 11 is 0. The smallest absolute Gasteiger partial charge is 0.0637 e. The van der Waals surface area contributed by atoms with E-state index in [1.54, 1.807) is 7.11 Å². The van der Waals surface area contributed by atoms with Crippen LogP contribution < -0.4 is 10.6 Å². The Balaban J connectivity index is 2.94. The Morgan fingerprint density at radius 3 is 2.67 bits per heavy atom. The lowest BCUT2D eigenvalue weighted by Crippen LogP contribution is -2.31. The molecule has 1 aromatic rings. The van der Waals surface area contributed by atoms with Gasteiger partial charge in [-0.2, -0.15) is 0 Å². The fourth-order valence-electron chi connectivity index (χ4n) is 1.98. The van der Waals surface area contributed by atoms with Gasteiger partial charge in [0.25, 0.3) is 0 Å². The van der Waals surface area contributed by atoms with E-state index in [0.717, 1.165) is 24.2 Å². The van der Waals surface area contributed by atoms with Crippen LogP contribution in [0.4, 0.5) is 5.69 Å². The summed E-state index contributed by atoms with van der Waals surface area (Å²) in [7, 11) is 1.68. The molecule has 0 aliphatic carbocycles. The molecule has 0 radical (unpaired) electrons. The number of nitrogens with zero attached hydrogens (tertiary/aromatic N) is 1. The van der Waals surface area contributed by atoms with Gasteiger partial charge in [0.2, 0.25) is 0 Å². The van der Waals surface area contributed by atoms with Gasteiger partial charge in [0.15, 0.2) is 0 Å². The van der Waals surface area contributed by atoms with Crippen LogP contribution in [0.1, 0.15) is 24.9 Å². The predicted octanol–water partition coefficient (Wildman–Crippen LogP) is 1.54. The summed E-state index contributed by atoms with van der Waals surface area (Å²) in [5.41, 5.74) is 8.36. The lowest BCUT2D eigenvalue weighted by Gasteiger charge is -2.27. The number of nitrogens with two attached hydrogens (primary N) is 1. The molecule has 0 heterocycles. The van der Waals surface area contributed by atoms with E-state index in [1.807, 2.05) is 12.1 Å². The predicted molar refractivity (Wildman–Crippen MR) is 74.8 cm³/mol. The third kappa shape index (κ3) is 3.98. The maximum atomic E-state index is 9.17. The largest absolute Gasteiger partial charge is 0.395 e. The molecule has 0 bridgehead atoms. The second-order valence-corrected chi connectivity index (χ2v) is 4.28. The van der Waals surface area contributed by atoms with Crippen LogP contribution in [0.3, 0.4) is 0 Å². The molecule has 0 saturated carbocycles. The fourth-order valence-corrected chi connectivity index (χ4v) is 1.98. The molecule has 0 aromatic heterocycles. The van der Waals surface area contributed by atoms with E-state index in [1.165, 1.54) is 0 Å². The number of aliphatic hydroxyl groups is 1. The Hall–Kier alpha value is -1.10. The minimum absolute atomic E-state index is 0.0323. The summed E-state index contributed by atoms with van der Waals surface area (Å²) in [6.07, 6.45) is 0.897. The Labute approximate surface area is 109 Å². The van der Waals surface area contributed by atoms with Crippen LogP contribution in [0, 0.1) is 0 Å². The molecular formula is C14H24N2O2. The molecule has 0 saturated heterocycles. The number of hydrogen-bond donors (Lipinski definition) is 2. The van der Waals surface area contributed by atoms with Gasteiger partial charge in [0, 0.05) is 31.9 Å². The normalized spacial score (nSPS) is 12.4. The fraction of sp³-hybridized carbons (Fsp3) is 0.571. The van der Waals surface area contributed by atoms with Crippen molar-refractivity contribution in [2.45, 2.75) is 19.4 Å². The highest BCUT2D eigenvalue weighted by Crippen LogP contribution is 2.26. The number of rotatable bonds is 8. The number of anilines is 1. The van der Waals surface area contributed by atoms with Crippen molar-refractivity contribution in [1.29, 1.82) is 0 Å². The minimum atomic E-state index is 0.0323. The number of aliphatic hydroxyl groups excluding tert-OH is 1. The summed E-state index contributed by atoms with van der Waals surface area (Å²) in [4.78, 5) is 2.12. The van der Waals surface area contributed by atoms with Crippen LogP contribution in [0.2, 0.25) is 0 Å². The molecule has 4 nitrogen and oxygen atoms in total. The van der Waals surface area contributed by atoms with Crippen LogP contribution in [0.25, 0.3) is 0 Å². The molecule has 0 spiro atoms. The summed E-state index contributed by atoms with van der Waals surface area (Å²) in [5, 5.41) is 9.17. The number of para-hydroxylation sites is 1. The minimum Gasteiger partial charge on any atom is -0.395 e. The van der Waals surface area contributed by atoms with Crippen molar-refractivity contribution in [3.05, 3.63) is 29.8 Å². The van der Waals surface area contributed by atoms with Gasteiger partial charge in [-0.3, -0.25) is 0 Å². The number of benzene rings is 1. The first kappa shape index (κ1) is 15.0. The lowest BCUT2D eigenvalue weighted by molar-refractivity contribution is 0.203. The quantitative estimate of drug-likeness (QED) is 0.737. The van der Waals surface area contributed by atoms with Gasteiger partial charge in [-0.1, -0.05) is 25.1 Å². The zero-order valence-corrected chi connectivity index (χ0v) is 11.3. The molecule has 0 unspecified atom stereocenters. The number of ether oxygens (including phenoxy) is 1. The molecule has 1 atom stereocenters. The second kappa shape index (κ2) is 8.08. The van der Waals surface area contributed by atoms with Gasteiger partial charge in [-0.25, -0.2) is 0 Å². The van der Waals surface area contributed by atoms with Crippen LogP contribution in [-0.4, -0.2) is 38.5 Å². The average molecular weight is 252 g/mol. The highest BCUT2D eigenvalue weighted by Gasteiger charge is 2.14. The van der Waals surface area contributed by atoms with Gasteiger partial charge >= 0.3 is 0 Å². The third-order valence-electron chi connectivity index (χ3n) is 3.05. The summed E-state index contributed by atoms with van der Waals surface area (Å²) in [6.45, 7) is 4.18. The van der Waals surface area contributed by atoms with Gasteiger partial charge in [0.05, 0.1) is 13.2 Å². The molecule has 0 amide bonds. The van der Waals surface area contributed by atoms with Crippen LogP contribution in [0.5, 0.6) is 0 Å². The third-order valence-corrected chi connectivity index (χ3v) is 3.05. The zero-order valence-electron chi connectivity index (χ0n) is 11.3. The molecule has 0 fully saturated rings. The van der Waals surface area contributed by atoms with Crippen molar-refractivity contribution >= 4 is 5.69 Å². The molecule has 4 heteroatoms. The molecule has 1 aromatic carbocycles. The topological polar surface area (TPSA) is 58.7 Å². The molecule has 3 N–H and O–H groups in total. The van der Waals surface area contributed by atoms with Crippen LogP contribution in [0.15, 0.2) is 24.3 Å². The molecule has 0 aliphatic rings. The first-order valence-electron chi connectivity index (χ1n) is 6.43. The molecular weight excluding hydrogens is 228 g/mol.